The molecule has 0 spiro atoms. The summed E-state index contributed by atoms with van der Waals surface area (Å²) in [5.41, 5.74) is -0.139. The Morgan fingerprint density at radius 3 is 2.89 bits per heavy atom. The first kappa shape index (κ1) is 13.3. The smallest absolute Gasteiger partial charge is 0.255 e. The van der Waals surface area contributed by atoms with Gasteiger partial charge in [-0.15, -0.1) is 0 Å². The van der Waals surface area contributed by atoms with Gasteiger partial charge in [0.25, 0.3) is 5.91 Å². The predicted octanol–water partition coefficient (Wildman–Crippen LogP) is 2.37. The number of carbonyl (C=O) groups is 1. The molecular formula is C13H15ClFNO2. The maximum absolute atomic E-state index is 13.4. The van der Waals surface area contributed by atoms with E-state index in [1.54, 1.807) is 0 Å². The summed E-state index contributed by atoms with van der Waals surface area (Å²) in [4.78, 5) is 11.7. The minimum absolute atomic E-state index is 0.0928. The SMILES string of the molecule is O=C(NCC[C@@H](O)C1CC1)c1c(F)cccc1Cl. The highest BCUT2D eigenvalue weighted by molar-refractivity contribution is 6.33. The molecule has 1 aromatic rings. The monoisotopic (exact) mass is 271 g/mol. The molecule has 0 radical (unpaired) electrons. The number of rotatable bonds is 5. The number of aliphatic hydroxyl groups is 1. The average molecular weight is 272 g/mol. The maximum atomic E-state index is 13.4. The molecule has 0 aromatic heterocycles. The molecule has 1 saturated carbocycles. The number of carbonyl (C=O) groups excluding carboxylic acids is 1. The second-order valence-corrected chi connectivity index (χ2v) is 4.95. The molecule has 1 fully saturated rings. The van der Waals surface area contributed by atoms with Crippen LogP contribution >= 0.6 is 11.6 Å². The van der Waals surface area contributed by atoms with E-state index < -0.39 is 11.7 Å². The number of amides is 1. The van der Waals surface area contributed by atoms with E-state index in [0.717, 1.165) is 12.8 Å². The average Bonchev–Trinajstić information content (AvgIpc) is 3.12. The molecule has 0 bridgehead atoms. The lowest BCUT2D eigenvalue weighted by atomic mass is 10.1. The zero-order chi connectivity index (χ0) is 13.1. The first-order chi connectivity index (χ1) is 8.59. The molecular weight excluding hydrogens is 257 g/mol. The number of hydrogen-bond acceptors (Lipinski definition) is 2. The Morgan fingerprint density at radius 2 is 2.28 bits per heavy atom. The first-order valence-corrected chi connectivity index (χ1v) is 6.37. The molecule has 2 rings (SSSR count). The fourth-order valence-electron chi connectivity index (χ4n) is 1.85. The van der Waals surface area contributed by atoms with Gasteiger partial charge >= 0.3 is 0 Å². The molecule has 1 atom stereocenters. The van der Waals surface area contributed by atoms with Crippen LogP contribution in [0.1, 0.15) is 29.6 Å². The Kier molecular flexibility index (Phi) is 4.19. The Labute approximate surface area is 110 Å². The van der Waals surface area contributed by atoms with Crippen molar-refractivity contribution in [1.29, 1.82) is 0 Å². The van der Waals surface area contributed by atoms with Crippen molar-refractivity contribution < 1.29 is 14.3 Å². The Bertz CT molecular complexity index is 428. The maximum Gasteiger partial charge on any atom is 0.255 e. The summed E-state index contributed by atoms with van der Waals surface area (Å²) in [6, 6.07) is 4.11. The molecule has 98 valence electrons. The lowest BCUT2D eigenvalue weighted by Gasteiger charge is -2.11. The molecule has 1 amide bonds. The van der Waals surface area contributed by atoms with Crippen LogP contribution in [0.15, 0.2) is 18.2 Å². The fourth-order valence-corrected chi connectivity index (χ4v) is 2.10. The Balaban J connectivity index is 1.87. The zero-order valence-electron chi connectivity index (χ0n) is 9.83. The third-order valence-electron chi connectivity index (χ3n) is 3.08. The van der Waals surface area contributed by atoms with Gasteiger partial charge in [0.05, 0.1) is 16.7 Å². The fraction of sp³-hybridized carbons (Fsp3) is 0.462. The van der Waals surface area contributed by atoms with Crippen LogP contribution in [0.2, 0.25) is 5.02 Å². The summed E-state index contributed by atoms with van der Waals surface area (Å²) < 4.78 is 13.4. The van der Waals surface area contributed by atoms with Crippen molar-refractivity contribution in [2.75, 3.05) is 6.54 Å². The van der Waals surface area contributed by atoms with Crippen LogP contribution in [-0.4, -0.2) is 23.7 Å². The van der Waals surface area contributed by atoms with Crippen LogP contribution in [0.4, 0.5) is 4.39 Å². The molecule has 1 aromatic carbocycles. The molecule has 18 heavy (non-hydrogen) atoms. The van der Waals surface area contributed by atoms with Crippen LogP contribution in [0.5, 0.6) is 0 Å². The topological polar surface area (TPSA) is 49.3 Å². The van der Waals surface area contributed by atoms with Crippen LogP contribution in [-0.2, 0) is 0 Å². The minimum Gasteiger partial charge on any atom is -0.393 e. The lowest BCUT2D eigenvalue weighted by molar-refractivity contribution is 0.0933. The van der Waals surface area contributed by atoms with Gasteiger partial charge in [0.2, 0.25) is 0 Å². The summed E-state index contributed by atoms with van der Waals surface area (Å²) in [7, 11) is 0. The molecule has 2 N–H and O–H groups in total. The number of hydrogen-bond donors (Lipinski definition) is 2. The number of halogens is 2. The summed E-state index contributed by atoms with van der Waals surface area (Å²) in [6.45, 7) is 0.321. The van der Waals surface area contributed by atoms with E-state index in [1.807, 2.05) is 0 Å². The van der Waals surface area contributed by atoms with E-state index in [-0.39, 0.29) is 16.7 Å². The van der Waals surface area contributed by atoms with Crippen molar-refractivity contribution in [2.24, 2.45) is 5.92 Å². The van der Waals surface area contributed by atoms with Gasteiger partial charge in [-0.3, -0.25) is 4.79 Å². The van der Waals surface area contributed by atoms with Crippen molar-refractivity contribution in [2.45, 2.75) is 25.4 Å². The summed E-state index contributed by atoms with van der Waals surface area (Å²) in [5.74, 6) is -0.803. The molecule has 1 aliphatic carbocycles. The highest BCUT2D eigenvalue weighted by Gasteiger charge is 2.29. The molecule has 0 saturated heterocycles. The van der Waals surface area contributed by atoms with Gasteiger partial charge in [0, 0.05) is 6.54 Å². The van der Waals surface area contributed by atoms with Gasteiger partial charge in [-0.05, 0) is 37.3 Å². The van der Waals surface area contributed by atoms with Gasteiger partial charge in [-0.25, -0.2) is 4.39 Å². The molecule has 3 nitrogen and oxygen atoms in total. The van der Waals surface area contributed by atoms with Gasteiger partial charge in [-0.1, -0.05) is 17.7 Å². The second kappa shape index (κ2) is 5.67. The predicted molar refractivity (Wildman–Crippen MR) is 67.1 cm³/mol. The normalized spacial score (nSPS) is 16.4. The number of nitrogens with one attached hydrogen (secondary N) is 1. The quantitative estimate of drug-likeness (QED) is 0.864. The van der Waals surface area contributed by atoms with E-state index in [4.69, 9.17) is 11.6 Å². The van der Waals surface area contributed by atoms with Gasteiger partial charge < -0.3 is 10.4 Å². The van der Waals surface area contributed by atoms with Gasteiger partial charge in [-0.2, -0.15) is 0 Å². The van der Waals surface area contributed by atoms with Crippen molar-refractivity contribution in [3.8, 4) is 0 Å². The number of aliphatic hydroxyl groups excluding tert-OH is 1. The first-order valence-electron chi connectivity index (χ1n) is 6.00. The van der Waals surface area contributed by atoms with Gasteiger partial charge in [0.15, 0.2) is 0 Å². The highest BCUT2D eigenvalue weighted by Crippen LogP contribution is 2.33. The van der Waals surface area contributed by atoms with Crippen molar-refractivity contribution in [1.82, 2.24) is 5.32 Å². The van der Waals surface area contributed by atoms with Crippen LogP contribution in [0.3, 0.4) is 0 Å². The van der Waals surface area contributed by atoms with Crippen molar-refractivity contribution >= 4 is 17.5 Å². The van der Waals surface area contributed by atoms with E-state index in [1.165, 1.54) is 18.2 Å². The molecule has 0 heterocycles. The van der Waals surface area contributed by atoms with Crippen LogP contribution in [0, 0.1) is 11.7 Å². The van der Waals surface area contributed by atoms with E-state index in [2.05, 4.69) is 5.32 Å². The summed E-state index contributed by atoms with van der Waals surface area (Å²) >= 11 is 5.78. The van der Waals surface area contributed by atoms with E-state index in [0.29, 0.717) is 18.9 Å². The second-order valence-electron chi connectivity index (χ2n) is 4.55. The van der Waals surface area contributed by atoms with E-state index in [9.17, 15) is 14.3 Å². The minimum atomic E-state index is -0.636. The lowest BCUT2D eigenvalue weighted by Crippen LogP contribution is -2.28. The van der Waals surface area contributed by atoms with Crippen molar-refractivity contribution in [3.05, 3.63) is 34.6 Å². The third kappa shape index (κ3) is 3.21. The van der Waals surface area contributed by atoms with Crippen LogP contribution < -0.4 is 5.32 Å². The standard InChI is InChI=1S/C13H15ClFNO2/c14-9-2-1-3-10(15)12(9)13(18)16-7-6-11(17)8-4-5-8/h1-3,8,11,17H,4-7H2,(H,16,18)/t11-/m1/s1. The van der Waals surface area contributed by atoms with Crippen LogP contribution in [0.25, 0.3) is 0 Å². The highest BCUT2D eigenvalue weighted by atomic mass is 35.5. The van der Waals surface area contributed by atoms with Gasteiger partial charge in [0.1, 0.15) is 5.82 Å². The Morgan fingerprint density at radius 1 is 1.56 bits per heavy atom. The zero-order valence-corrected chi connectivity index (χ0v) is 10.6. The number of benzene rings is 1. The Hall–Kier alpha value is -1.13. The third-order valence-corrected chi connectivity index (χ3v) is 3.40. The largest absolute Gasteiger partial charge is 0.393 e. The molecule has 0 unspecified atom stereocenters. The summed E-state index contributed by atoms with van der Waals surface area (Å²) in [5, 5.41) is 12.3. The van der Waals surface area contributed by atoms with E-state index >= 15 is 0 Å². The molecule has 0 aliphatic heterocycles. The van der Waals surface area contributed by atoms with Crippen molar-refractivity contribution in [3.63, 3.8) is 0 Å². The molecule has 5 heteroatoms. The summed E-state index contributed by atoms with van der Waals surface area (Å²) in [6.07, 6.45) is 2.21. The molecule has 1 aliphatic rings.